The quantitative estimate of drug-likeness (QED) is 0.195. The first-order chi connectivity index (χ1) is 24.3. The number of rotatable bonds is 6. The van der Waals surface area contributed by atoms with Crippen molar-refractivity contribution in [2.45, 2.75) is 38.7 Å². The molecule has 3 aliphatic rings. The number of nitrogens with zero attached hydrogens (tertiary/aromatic N) is 7. The minimum absolute atomic E-state index is 0.0570. The van der Waals surface area contributed by atoms with Gasteiger partial charge in [-0.3, -0.25) is 9.69 Å². The van der Waals surface area contributed by atoms with E-state index in [1.54, 1.807) is 25.5 Å². The number of aromatic amines is 1. The Balaban J connectivity index is 1.47. The number of ether oxygens (including phenoxy) is 2. The Morgan fingerprint density at radius 2 is 1.92 bits per heavy atom. The topological polar surface area (TPSA) is 188 Å². The predicted molar refractivity (Wildman–Crippen MR) is 183 cm³/mol. The molecule has 51 heavy (non-hydrogen) atoms. The van der Waals surface area contributed by atoms with Gasteiger partial charge in [-0.1, -0.05) is 0 Å². The zero-order valence-corrected chi connectivity index (χ0v) is 28.5. The summed E-state index contributed by atoms with van der Waals surface area (Å²) in [5.74, 6) is -2.06. The molecule has 4 atom stereocenters. The van der Waals surface area contributed by atoms with Gasteiger partial charge in [-0.05, 0) is 25.5 Å². The lowest BCUT2D eigenvalue weighted by Crippen LogP contribution is -2.35. The number of H-pyrrole nitrogens is 1. The van der Waals surface area contributed by atoms with Crippen molar-refractivity contribution in [1.29, 1.82) is 5.26 Å². The molecular formula is C35H35FN8O7. The third-order valence-electron chi connectivity index (χ3n) is 9.88. The Kier molecular flexibility index (Phi) is 8.27. The second-order valence-electron chi connectivity index (χ2n) is 13.2. The van der Waals surface area contributed by atoms with Crippen LogP contribution in [-0.4, -0.2) is 101 Å². The van der Waals surface area contributed by atoms with Gasteiger partial charge in [0.25, 0.3) is 0 Å². The lowest BCUT2D eigenvalue weighted by molar-refractivity contribution is -0.161. The summed E-state index contributed by atoms with van der Waals surface area (Å²) in [6, 6.07) is 4.83. The molecule has 3 aliphatic heterocycles. The number of aliphatic hydroxyl groups excluding tert-OH is 1. The Bertz CT molecular complexity index is 2210. The van der Waals surface area contributed by atoms with Crippen LogP contribution >= 0.6 is 0 Å². The van der Waals surface area contributed by atoms with Gasteiger partial charge in [0.2, 0.25) is 6.29 Å². The van der Waals surface area contributed by atoms with E-state index in [0.29, 0.717) is 46.1 Å². The maximum Gasteiger partial charge on any atom is 0.417 e. The number of amides is 1. The van der Waals surface area contributed by atoms with E-state index < -0.39 is 36.2 Å². The van der Waals surface area contributed by atoms with Gasteiger partial charge in [-0.15, -0.1) is 0 Å². The summed E-state index contributed by atoms with van der Waals surface area (Å²) >= 11 is 0. The summed E-state index contributed by atoms with van der Waals surface area (Å²) in [6.45, 7) is 4.85. The highest BCUT2D eigenvalue weighted by molar-refractivity contribution is 6.20. The van der Waals surface area contributed by atoms with Crippen molar-refractivity contribution >= 4 is 57.2 Å². The van der Waals surface area contributed by atoms with E-state index in [9.17, 15) is 29.9 Å². The fourth-order valence-corrected chi connectivity index (χ4v) is 7.67. The average molecular weight is 699 g/mol. The van der Waals surface area contributed by atoms with Crippen LogP contribution in [0.1, 0.15) is 37.5 Å². The van der Waals surface area contributed by atoms with Gasteiger partial charge in [0, 0.05) is 100 Å². The molecule has 15 nitrogen and oxygen atoms in total. The summed E-state index contributed by atoms with van der Waals surface area (Å²) in [5, 5.41) is 31.9. The molecule has 2 unspecified atom stereocenters. The van der Waals surface area contributed by atoms with Crippen LogP contribution in [0.25, 0.3) is 33.1 Å². The largest absolute Gasteiger partial charge is 0.478 e. The minimum atomic E-state index is -1.45. The van der Waals surface area contributed by atoms with Crippen molar-refractivity contribution in [3.8, 4) is 17.2 Å². The monoisotopic (exact) mass is 698 g/mol. The first-order valence-corrected chi connectivity index (χ1v) is 16.3. The number of halogens is 1. The number of likely N-dealkylation sites (N-methyl/N-ethyl adjacent to an activating group) is 1. The van der Waals surface area contributed by atoms with Crippen molar-refractivity contribution in [1.82, 2.24) is 19.9 Å². The molecule has 0 aliphatic carbocycles. The third kappa shape index (κ3) is 5.54. The minimum Gasteiger partial charge on any atom is -0.478 e. The Morgan fingerprint density at radius 1 is 1.16 bits per heavy atom. The SMILES string of the molecule is CC(=O)OC(C)OC(=O)N(C)c1cc(F)c(C#N)c2c1[nH]c1ncc(-c3cnc4c(c3)C(O)C(C(=O)O)=CN4C)c(N3CC[C@H]4CN(C)C[C@H]43)c12. The number of likely N-dealkylation sites (tertiary alicyclic amines) is 1. The van der Waals surface area contributed by atoms with Crippen LogP contribution in [0.2, 0.25) is 0 Å². The van der Waals surface area contributed by atoms with Crippen LogP contribution in [-0.2, 0) is 19.1 Å². The predicted octanol–water partition coefficient (Wildman–Crippen LogP) is 3.86. The number of pyridine rings is 2. The maximum absolute atomic E-state index is 16.0. The molecule has 3 N–H and O–H groups in total. The number of benzene rings is 1. The second kappa shape index (κ2) is 12.5. The van der Waals surface area contributed by atoms with Crippen molar-refractivity contribution < 1.29 is 38.5 Å². The molecule has 3 aromatic heterocycles. The lowest BCUT2D eigenvalue weighted by Gasteiger charge is -2.30. The Morgan fingerprint density at radius 3 is 2.63 bits per heavy atom. The van der Waals surface area contributed by atoms with Gasteiger partial charge >= 0.3 is 18.0 Å². The number of esters is 1. The zero-order valence-electron chi connectivity index (χ0n) is 28.5. The molecular weight excluding hydrogens is 663 g/mol. The van der Waals surface area contributed by atoms with E-state index >= 15 is 4.39 Å². The van der Waals surface area contributed by atoms with Crippen LogP contribution in [0.4, 0.5) is 26.4 Å². The molecule has 2 saturated heterocycles. The molecule has 264 valence electrons. The van der Waals surface area contributed by atoms with Gasteiger partial charge in [0.05, 0.1) is 33.4 Å². The summed E-state index contributed by atoms with van der Waals surface area (Å²) in [6.07, 6.45) is 1.87. The standard InChI is InChI=1S/C35H35FN8O7/c1-16(45)50-17(2)51-35(49)43(5)25-9-24(36)21(10-37)27-28-30(44-7-6-18-13-41(3)15-26(18)44)22(12-38-32(28)40-29(25)27)19-8-20-31(46)23(34(47)48)14-42(4)33(20)39-11-19/h8-9,11-12,14,17-18,26,31,46H,6-7,13,15H2,1-5H3,(H,38,40)(H,47,48)/t17?,18-,26+,31?/m0/s1. The van der Waals surface area contributed by atoms with Crippen molar-refractivity contribution in [3.05, 3.63) is 53.2 Å². The normalized spacial score (nSPS) is 20.5. The van der Waals surface area contributed by atoms with Crippen molar-refractivity contribution in [2.24, 2.45) is 5.92 Å². The Hall–Kier alpha value is -5.79. The molecule has 2 fully saturated rings. The first kappa shape index (κ1) is 33.7. The summed E-state index contributed by atoms with van der Waals surface area (Å²) in [7, 11) is 5.07. The maximum atomic E-state index is 16.0. The third-order valence-corrected chi connectivity index (χ3v) is 9.88. The highest BCUT2D eigenvalue weighted by atomic mass is 19.1. The summed E-state index contributed by atoms with van der Waals surface area (Å²) in [5.41, 5.74) is 2.22. The number of aliphatic hydroxyl groups is 1. The molecule has 4 aromatic rings. The number of carbonyl (C=O) groups is 3. The van der Waals surface area contributed by atoms with E-state index in [-0.39, 0.29) is 39.3 Å². The van der Waals surface area contributed by atoms with Gasteiger partial charge in [0.15, 0.2) is 0 Å². The van der Waals surface area contributed by atoms with Gasteiger partial charge in [-0.25, -0.2) is 23.9 Å². The molecule has 0 spiro atoms. The van der Waals surface area contributed by atoms with E-state index in [2.05, 4.69) is 26.8 Å². The van der Waals surface area contributed by atoms with Crippen LogP contribution < -0.4 is 14.7 Å². The number of carboxylic acids is 1. The van der Waals surface area contributed by atoms with Crippen LogP contribution in [0.5, 0.6) is 0 Å². The molecule has 1 amide bonds. The number of aliphatic carboxylic acids is 1. The van der Waals surface area contributed by atoms with Gasteiger partial charge in [0.1, 0.15) is 29.5 Å². The fourth-order valence-electron chi connectivity index (χ4n) is 7.67. The van der Waals surface area contributed by atoms with Crippen LogP contribution in [0, 0.1) is 23.1 Å². The summed E-state index contributed by atoms with van der Waals surface area (Å²) < 4.78 is 26.2. The number of hydrogen-bond donors (Lipinski definition) is 3. The van der Waals surface area contributed by atoms with Gasteiger partial charge in [-0.2, -0.15) is 5.26 Å². The number of carboxylic acid groups (broad SMARTS) is 1. The molecule has 6 heterocycles. The highest BCUT2D eigenvalue weighted by Crippen LogP contribution is 2.48. The molecule has 16 heteroatoms. The van der Waals surface area contributed by atoms with E-state index in [1.165, 1.54) is 32.0 Å². The lowest BCUT2D eigenvalue weighted by atomic mass is 9.94. The average Bonchev–Trinajstić information content (AvgIpc) is 3.76. The van der Waals surface area contributed by atoms with Crippen LogP contribution in [0.15, 0.2) is 36.3 Å². The van der Waals surface area contributed by atoms with Crippen LogP contribution in [0.3, 0.4) is 0 Å². The van der Waals surface area contributed by atoms with E-state index in [4.69, 9.17) is 14.5 Å². The number of nitriles is 1. The number of aromatic nitrogens is 3. The second-order valence-corrected chi connectivity index (χ2v) is 13.2. The zero-order chi connectivity index (χ0) is 36.5. The summed E-state index contributed by atoms with van der Waals surface area (Å²) in [4.78, 5) is 56.2. The van der Waals surface area contributed by atoms with Crippen molar-refractivity contribution in [3.63, 3.8) is 0 Å². The number of anilines is 3. The van der Waals surface area contributed by atoms with E-state index in [0.717, 1.165) is 30.5 Å². The first-order valence-electron chi connectivity index (χ1n) is 16.3. The highest BCUT2D eigenvalue weighted by Gasteiger charge is 2.42. The smallest absolute Gasteiger partial charge is 0.417 e. The molecule has 0 bridgehead atoms. The number of fused-ring (bicyclic) bond motifs is 5. The van der Waals surface area contributed by atoms with Gasteiger partial charge < -0.3 is 39.4 Å². The fraction of sp³-hybridized carbons (Fsp3) is 0.371. The van der Waals surface area contributed by atoms with Crippen molar-refractivity contribution in [2.75, 3.05) is 55.5 Å². The number of carbonyl (C=O) groups excluding carboxylic acids is 2. The number of hydrogen-bond acceptors (Lipinski definition) is 12. The number of nitrogens with one attached hydrogen (secondary N) is 1. The molecule has 1 aromatic carbocycles. The molecule has 0 saturated carbocycles. The Labute approximate surface area is 291 Å². The van der Waals surface area contributed by atoms with E-state index in [1.807, 2.05) is 6.07 Å². The molecule has 0 radical (unpaired) electrons. The molecule has 7 rings (SSSR count).